The molecule has 0 saturated heterocycles. The van der Waals surface area contributed by atoms with E-state index in [4.69, 9.17) is 16.7 Å². The van der Waals surface area contributed by atoms with Gasteiger partial charge < -0.3 is 4.90 Å². The molecule has 10 heteroatoms. The van der Waals surface area contributed by atoms with Gasteiger partial charge in [0.1, 0.15) is 0 Å². The van der Waals surface area contributed by atoms with Crippen LogP contribution in [-0.2, 0) is 26.5 Å². The summed E-state index contributed by atoms with van der Waals surface area (Å²) in [5.74, 6) is -0.333. The van der Waals surface area contributed by atoms with Gasteiger partial charge in [-0.05, 0) is 66.8 Å². The van der Waals surface area contributed by atoms with E-state index >= 15 is 0 Å². The van der Waals surface area contributed by atoms with E-state index in [1.165, 1.54) is 24.3 Å². The van der Waals surface area contributed by atoms with Gasteiger partial charge in [0.2, 0.25) is 0 Å². The molecule has 0 spiro atoms. The molecule has 1 unspecified atom stereocenters. The van der Waals surface area contributed by atoms with Crippen molar-refractivity contribution >= 4 is 48.2 Å². The summed E-state index contributed by atoms with van der Waals surface area (Å²) >= 11 is 6.27. The van der Waals surface area contributed by atoms with Crippen LogP contribution >= 0.6 is 11.6 Å². The standard InChI is InChI=1S/C26H28ClN3O4S2/c1-18(9-10-19-11-14-21(15-12-19)29(2)3)25-23-17-20(27)13-16-24(23)30(26(25)35(28,31)32)36(33,34)22-7-5-4-6-8-22/h4-8,11-18H,9-10H2,1-3H3,(H2,28,31,32). The highest BCUT2D eigenvalue weighted by Crippen LogP contribution is 2.39. The Bertz CT molecular complexity index is 1610. The number of primary sulfonamides is 1. The quantitative estimate of drug-likeness (QED) is 0.336. The highest BCUT2D eigenvalue weighted by Gasteiger charge is 2.34. The second-order valence-electron chi connectivity index (χ2n) is 9.01. The lowest BCUT2D eigenvalue weighted by molar-refractivity contribution is 0.569. The summed E-state index contributed by atoms with van der Waals surface area (Å²) < 4.78 is 54.1. The van der Waals surface area contributed by atoms with Gasteiger partial charge in [-0.25, -0.2) is 25.9 Å². The molecule has 0 bridgehead atoms. The molecule has 0 saturated carbocycles. The molecule has 190 valence electrons. The minimum atomic E-state index is -4.44. The lowest BCUT2D eigenvalue weighted by Crippen LogP contribution is -2.24. The van der Waals surface area contributed by atoms with Gasteiger partial charge in [0.15, 0.2) is 5.03 Å². The molecule has 1 aromatic heterocycles. The smallest absolute Gasteiger partial charge is 0.269 e. The SMILES string of the molecule is CC(CCc1ccc(N(C)C)cc1)c1c(S(N)(=O)=O)n(S(=O)(=O)c2ccccc2)c2ccc(Cl)cc12. The first-order valence-electron chi connectivity index (χ1n) is 11.3. The molecule has 1 heterocycles. The largest absolute Gasteiger partial charge is 0.378 e. The van der Waals surface area contributed by atoms with Crippen LogP contribution in [0.1, 0.15) is 30.4 Å². The van der Waals surface area contributed by atoms with Gasteiger partial charge in [-0.2, -0.15) is 0 Å². The molecule has 0 amide bonds. The topological polar surface area (TPSA) is 102 Å². The predicted molar refractivity (Wildman–Crippen MR) is 145 cm³/mol. The lowest BCUT2D eigenvalue weighted by Gasteiger charge is -2.16. The number of nitrogens with two attached hydrogens (primary N) is 1. The number of rotatable bonds is 8. The van der Waals surface area contributed by atoms with Crippen LogP contribution in [-0.4, -0.2) is 34.9 Å². The third kappa shape index (κ3) is 5.01. The molecule has 4 rings (SSSR count). The molecule has 0 aliphatic heterocycles. The van der Waals surface area contributed by atoms with Crippen LogP contribution in [0, 0.1) is 0 Å². The molecule has 0 fully saturated rings. The number of hydrogen-bond donors (Lipinski definition) is 1. The number of anilines is 1. The Kier molecular flexibility index (Phi) is 7.21. The van der Waals surface area contributed by atoms with Crippen LogP contribution in [0.5, 0.6) is 0 Å². The van der Waals surface area contributed by atoms with E-state index in [0.717, 1.165) is 15.2 Å². The van der Waals surface area contributed by atoms with Crippen molar-refractivity contribution in [2.45, 2.75) is 35.6 Å². The van der Waals surface area contributed by atoms with Crippen molar-refractivity contribution in [2.24, 2.45) is 5.14 Å². The number of halogens is 1. The number of fused-ring (bicyclic) bond motifs is 1. The number of nitrogens with zero attached hydrogens (tertiary/aromatic N) is 2. The zero-order chi connectivity index (χ0) is 26.3. The third-order valence-corrected chi connectivity index (χ3v) is 9.26. The van der Waals surface area contributed by atoms with Crippen molar-refractivity contribution in [3.8, 4) is 0 Å². The first-order chi connectivity index (χ1) is 16.9. The highest BCUT2D eigenvalue weighted by atomic mass is 35.5. The second-order valence-corrected chi connectivity index (χ2v) is 12.7. The lowest BCUT2D eigenvalue weighted by atomic mass is 9.93. The highest BCUT2D eigenvalue weighted by molar-refractivity contribution is 7.92. The second kappa shape index (κ2) is 9.89. The van der Waals surface area contributed by atoms with Crippen molar-refractivity contribution in [2.75, 3.05) is 19.0 Å². The van der Waals surface area contributed by atoms with Gasteiger partial charge in [-0.1, -0.05) is 48.9 Å². The molecule has 0 radical (unpaired) electrons. The molecule has 2 N–H and O–H groups in total. The van der Waals surface area contributed by atoms with E-state index in [2.05, 4.69) is 0 Å². The molecular formula is C26H28ClN3O4S2. The van der Waals surface area contributed by atoms with Crippen molar-refractivity contribution in [3.63, 3.8) is 0 Å². The van der Waals surface area contributed by atoms with Crippen molar-refractivity contribution in [1.82, 2.24) is 3.97 Å². The molecule has 3 aromatic carbocycles. The molecule has 7 nitrogen and oxygen atoms in total. The average Bonchev–Trinajstić information content (AvgIpc) is 3.19. The van der Waals surface area contributed by atoms with Gasteiger partial charge in [-0.15, -0.1) is 0 Å². The number of sulfonamides is 1. The monoisotopic (exact) mass is 545 g/mol. The van der Waals surface area contributed by atoms with E-state index in [1.807, 2.05) is 50.2 Å². The maximum absolute atomic E-state index is 13.7. The average molecular weight is 546 g/mol. The van der Waals surface area contributed by atoms with Crippen LogP contribution < -0.4 is 10.0 Å². The van der Waals surface area contributed by atoms with E-state index < -0.39 is 25.1 Å². The van der Waals surface area contributed by atoms with Crippen molar-refractivity contribution < 1.29 is 16.8 Å². The van der Waals surface area contributed by atoms with Crippen molar-refractivity contribution in [1.29, 1.82) is 0 Å². The van der Waals surface area contributed by atoms with Gasteiger partial charge in [0, 0.05) is 35.8 Å². The molecule has 36 heavy (non-hydrogen) atoms. The molecule has 1 atom stereocenters. The van der Waals surface area contributed by atoms with E-state index in [1.54, 1.807) is 24.3 Å². The summed E-state index contributed by atoms with van der Waals surface area (Å²) in [6.45, 7) is 1.87. The third-order valence-electron chi connectivity index (χ3n) is 6.24. The maximum Gasteiger partial charge on any atom is 0.269 e. The number of aromatic nitrogens is 1. The summed E-state index contributed by atoms with van der Waals surface area (Å²) in [7, 11) is -4.78. The van der Waals surface area contributed by atoms with Gasteiger partial charge in [0.25, 0.3) is 20.0 Å². The predicted octanol–water partition coefficient (Wildman–Crippen LogP) is 4.98. The van der Waals surface area contributed by atoms with Crippen LogP contribution in [0.4, 0.5) is 5.69 Å². The Morgan fingerprint density at radius 1 is 0.944 bits per heavy atom. The van der Waals surface area contributed by atoms with E-state index in [0.29, 0.717) is 28.8 Å². The fraction of sp³-hybridized carbons (Fsp3) is 0.231. The maximum atomic E-state index is 13.7. The summed E-state index contributed by atoms with van der Waals surface area (Å²) in [5, 5.41) is 6.05. The fourth-order valence-electron chi connectivity index (χ4n) is 4.40. The van der Waals surface area contributed by atoms with Gasteiger partial charge >= 0.3 is 0 Å². The summed E-state index contributed by atoms with van der Waals surface area (Å²) in [4.78, 5) is 1.97. The van der Waals surface area contributed by atoms with Crippen LogP contribution in [0.25, 0.3) is 10.9 Å². The minimum Gasteiger partial charge on any atom is -0.378 e. The Labute approximate surface area is 217 Å². The van der Waals surface area contributed by atoms with Crippen LogP contribution in [0.3, 0.4) is 0 Å². The van der Waals surface area contributed by atoms with Crippen LogP contribution in [0.2, 0.25) is 5.02 Å². The zero-order valence-electron chi connectivity index (χ0n) is 20.2. The Hall–Kier alpha value is -2.85. The molecule has 0 aliphatic rings. The Morgan fingerprint density at radius 2 is 1.58 bits per heavy atom. The molecular weight excluding hydrogens is 518 g/mol. The molecule has 0 aliphatic carbocycles. The normalized spacial score (nSPS) is 13.1. The minimum absolute atomic E-state index is 0.0399. The Balaban J connectivity index is 1.87. The number of hydrogen-bond acceptors (Lipinski definition) is 5. The molecule has 4 aromatic rings. The summed E-state index contributed by atoms with van der Waals surface area (Å²) in [6, 6.07) is 20.4. The first kappa shape index (κ1) is 26.2. The van der Waals surface area contributed by atoms with Gasteiger partial charge in [0.05, 0.1) is 10.4 Å². The summed E-state index contributed by atoms with van der Waals surface area (Å²) in [6.07, 6.45) is 1.23. The van der Waals surface area contributed by atoms with E-state index in [9.17, 15) is 16.8 Å². The summed E-state index contributed by atoms with van der Waals surface area (Å²) in [5.41, 5.74) is 2.72. The van der Waals surface area contributed by atoms with Crippen molar-refractivity contribution in [3.05, 3.63) is 88.9 Å². The number of benzene rings is 3. The van der Waals surface area contributed by atoms with E-state index in [-0.39, 0.29) is 16.3 Å². The van der Waals surface area contributed by atoms with Gasteiger partial charge in [-0.3, -0.25) is 0 Å². The fourth-order valence-corrected chi connectivity index (χ4v) is 7.58. The Morgan fingerprint density at radius 3 is 2.17 bits per heavy atom. The zero-order valence-corrected chi connectivity index (χ0v) is 22.6. The first-order valence-corrected chi connectivity index (χ1v) is 14.7. The van der Waals surface area contributed by atoms with Crippen LogP contribution in [0.15, 0.2) is 82.7 Å². The number of aryl methyl sites for hydroxylation is 1.